The molecule has 0 aromatic heterocycles. The van der Waals surface area contributed by atoms with Gasteiger partial charge in [-0.25, -0.2) is 0 Å². The molecule has 0 spiro atoms. The predicted octanol–water partition coefficient (Wildman–Crippen LogP) is 2.51. The number of anilines is 1. The van der Waals surface area contributed by atoms with Crippen LogP contribution in [0.5, 0.6) is 5.75 Å². The number of carbonyl (C=O) groups excluding carboxylic acids is 1. The summed E-state index contributed by atoms with van der Waals surface area (Å²) in [5.41, 5.74) is 0.948. The van der Waals surface area contributed by atoms with Crippen LogP contribution in [0.2, 0.25) is 0 Å². The number of ether oxygens (including phenoxy) is 1. The fraction of sp³-hybridized carbons (Fsp3) is 0.533. The van der Waals surface area contributed by atoms with Crippen LogP contribution in [0.25, 0.3) is 0 Å². The molecule has 1 saturated heterocycles. The number of nitrogens with zero attached hydrogens (tertiary/aromatic N) is 1. The first kappa shape index (κ1) is 13.7. The van der Waals surface area contributed by atoms with Gasteiger partial charge in [-0.1, -0.05) is 0 Å². The molecule has 1 aromatic rings. The maximum Gasteiger partial charge on any atom is 0.244 e. The summed E-state index contributed by atoms with van der Waals surface area (Å²) in [6, 6.07) is 7.53. The molecule has 1 fully saturated rings. The zero-order valence-electron chi connectivity index (χ0n) is 11.7. The van der Waals surface area contributed by atoms with Crippen molar-refractivity contribution in [2.75, 3.05) is 25.0 Å². The Morgan fingerprint density at radius 2 is 1.95 bits per heavy atom. The summed E-state index contributed by atoms with van der Waals surface area (Å²) in [5, 5.41) is 3.24. The van der Waals surface area contributed by atoms with Gasteiger partial charge in [-0.05, 0) is 51.0 Å². The van der Waals surface area contributed by atoms with E-state index >= 15 is 0 Å². The van der Waals surface area contributed by atoms with Crippen LogP contribution in [0.4, 0.5) is 5.69 Å². The minimum atomic E-state index is -0.184. The molecule has 19 heavy (non-hydrogen) atoms. The summed E-state index contributed by atoms with van der Waals surface area (Å²) < 4.78 is 5.39. The van der Waals surface area contributed by atoms with Gasteiger partial charge in [0, 0.05) is 18.8 Å². The summed E-state index contributed by atoms with van der Waals surface area (Å²) in [7, 11) is 0. The van der Waals surface area contributed by atoms with E-state index in [1.807, 2.05) is 43.0 Å². The number of rotatable bonds is 5. The SMILES string of the molecule is CCOc1ccc(NC(C)C(=O)N2CCCC2)cc1. The molecule has 1 heterocycles. The van der Waals surface area contributed by atoms with Gasteiger partial charge in [-0.15, -0.1) is 0 Å². The van der Waals surface area contributed by atoms with Gasteiger partial charge < -0.3 is 15.0 Å². The van der Waals surface area contributed by atoms with Crippen LogP contribution < -0.4 is 10.1 Å². The molecule has 0 saturated carbocycles. The lowest BCUT2D eigenvalue weighted by Gasteiger charge is -2.22. The van der Waals surface area contributed by atoms with Gasteiger partial charge in [0.15, 0.2) is 0 Å². The van der Waals surface area contributed by atoms with E-state index in [-0.39, 0.29) is 11.9 Å². The molecule has 2 rings (SSSR count). The molecular weight excluding hydrogens is 240 g/mol. The van der Waals surface area contributed by atoms with Gasteiger partial charge in [-0.3, -0.25) is 4.79 Å². The number of nitrogens with one attached hydrogen (secondary N) is 1. The number of carbonyl (C=O) groups is 1. The quantitative estimate of drug-likeness (QED) is 0.886. The highest BCUT2D eigenvalue weighted by Crippen LogP contribution is 2.17. The van der Waals surface area contributed by atoms with E-state index in [9.17, 15) is 4.79 Å². The topological polar surface area (TPSA) is 41.6 Å². The molecule has 1 aliphatic heterocycles. The molecule has 1 amide bonds. The molecule has 0 radical (unpaired) electrons. The highest BCUT2D eigenvalue weighted by Gasteiger charge is 2.22. The number of hydrogen-bond acceptors (Lipinski definition) is 3. The number of hydrogen-bond donors (Lipinski definition) is 1. The van der Waals surface area contributed by atoms with E-state index in [4.69, 9.17) is 4.74 Å². The van der Waals surface area contributed by atoms with Crippen molar-refractivity contribution >= 4 is 11.6 Å². The van der Waals surface area contributed by atoms with E-state index in [2.05, 4.69) is 5.32 Å². The second-order valence-corrected chi connectivity index (χ2v) is 4.86. The van der Waals surface area contributed by atoms with Crippen LogP contribution in [-0.4, -0.2) is 36.5 Å². The molecule has 1 unspecified atom stereocenters. The molecule has 1 aliphatic rings. The van der Waals surface area contributed by atoms with E-state index in [1.54, 1.807) is 0 Å². The Morgan fingerprint density at radius 1 is 1.32 bits per heavy atom. The largest absolute Gasteiger partial charge is 0.494 e. The van der Waals surface area contributed by atoms with Crippen molar-refractivity contribution < 1.29 is 9.53 Å². The number of amides is 1. The van der Waals surface area contributed by atoms with E-state index in [0.717, 1.165) is 37.4 Å². The van der Waals surface area contributed by atoms with Crippen LogP contribution in [0, 0.1) is 0 Å². The first-order valence-electron chi connectivity index (χ1n) is 6.99. The Bertz CT molecular complexity index is 411. The lowest BCUT2D eigenvalue weighted by atomic mass is 10.2. The summed E-state index contributed by atoms with van der Waals surface area (Å²) in [6.45, 7) is 6.33. The molecule has 1 N–H and O–H groups in total. The highest BCUT2D eigenvalue weighted by molar-refractivity contribution is 5.84. The zero-order valence-corrected chi connectivity index (χ0v) is 11.7. The minimum absolute atomic E-state index is 0.184. The Balaban J connectivity index is 1.90. The molecule has 1 atom stereocenters. The van der Waals surface area contributed by atoms with Crippen molar-refractivity contribution in [1.82, 2.24) is 4.90 Å². The monoisotopic (exact) mass is 262 g/mol. The van der Waals surface area contributed by atoms with Gasteiger partial charge >= 0.3 is 0 Å². The predicted molar refractivity (Wildman–Crippen MR) is 76.5 cm³/mol. The van der Waals surface area contributed by atoms with Crippen molar-refractivity contribution in [2.45, 2.75) is 32.7 Å². The second-order valence-electron chi connectivity index (χ2n) is 4.86. The van der Waals surface area contributed by atoms with E-state index in [0.29, 0.717) is 6.61 Å². The van der Waals surface area contributed by atoms with Crippen LogP contribution in [0.3, 0.4) is 0 Å². The second kappa shape index (κ2) is 6.45. The standard InChI is InChI=1S/C15H22N2O2/c1-3-19-14-8-6-13(7-9-14)16-12(2)15(18)17-10-4-5-11-17/h6-9,12,16H,3-5,10-11H2,1-2H3. The average Bonchev–Trinajstić information content (AvgIpc) is 2.94. The number of benzene rings is 1. The normalized spacial score (nSPS) is 16.2. The Labute approximate surface area is 114 Å². The van der Waals surface area contributed by atoms with Gasteiger partial charge in [-0.2, -0.15) is 0 Å². The highest BCUT2D eigenvalue weighted by atomic mass is 16.5. The third kappa shape index (κ3) is 3.63. The van der Waals surface area contributed by atoms with Crippen molar-refractivity contribution in [3.05, 3.63) is 24.3 Å². The van der Waals surface area contributed by atoms with E-state index in [1.165, 1.54) is 0 Å². The lowest BCUT2D eigenvalue weighted by Crippen LogP contribution is -2.39. The molecule has 104 valence electrons. The van der Waals surface area contributed by atoms with E-state index < -0.39 is 0 Å². The zero-order chi connectivity index (χ0) is 13.7. The maximum atomic E-state index is 12.2. The maximum absolute atomic E-state index is 12.2. The number of likely N-dealkylation sites (tertiary alicyclic amines) is 1. The fourth-order valence-electron chi connectivity index (χ4n) is 2.34. The average molecular weight is 262 g/mol. The lowest BCUT2D eigenvalue weighted by molar-refractivity contribution is -0.130. The third-order valence-corrected chi connectivity index (χ3v) is 3.34. The minimum Gasteiger partial charge on any atom is -0.494 e. The first-order valence-corrected chi connectivity index (χ1v) is 6.99. The Kier molecular flexibility index (Phi) is 4.66. The summed E-state index contributed by atoms with van der Waals surface area (Å²) in [4.78, 5) is 14.1. The van der Waals surface area contributed by atoms with Crippen LogP contribution in [0.1, 0.15) is 26.7 Å². The van der Waals surface area contributed by atoms with Crippen LogP contribution in [-0.2, 0) is 4.79 Å². The van der Waals surface area contributed by atoms with Gasteiger partial charge in [0.1, 0.15) is 11.8 Å². The Hall–Kier alpha value is -1.71. The van der Waals surface area contributed by atoms with Crippen molar-refractivity contribution in [2.24, 2.45) is 0 Å². The molecule has 1 aromatic carbocycles. The van der Waals surface area contributed by atoms with Gasteiger partial charge in [0.2, 0.25) is 5.91 Å². The van der Waals surface area contributed by atoms with Crippen LogP contribution >= 0.6 is 0 Å². The Morgan fingerprint density at radius 3 is 2.53 bits per heavy atom. The molecule has 0 bridgehead atoms. The van der Waals surface area contributed by atoms with Crippen molar-refractivity contribution in [1.29, 1.82) is 0 Å². The summed E-state index contributed by atoms with van der Waals surface area (Å²) >= 11 is 0. The van der Waals surface area contributed by atoms with Gasteiger partial charge in [0.05, 0.1) is 6.61 Å². The third-order valence-electron chi connectivity index (χ3n) is 3.34. The summed E-state index contributed by atoms with van der Waals surface area (Å²) in [5.74, 6) is 1.04. The van der Waals surface area contributed by atoms with Crippen molar-refractivity contribution in [3.63, 3.8) is 0 Å². The van der Waals surface area contributed by atoms with Crippen LogP contribution in [0.15, 0.2) is 24.3 Å². The van der Waals surface area contributed by atoms with Gasteiger partial charge in [0.25, 0.3) is 0 Å². The molecular formula is C15H22N2O2. The molecule has 4 nitrogen and oxygen atoms in total. The molecule has 4 heteroatoms. The smallest absolute Gasteiger partial charge is 0.244 e. The molecule has 0 aliphatic carbocycles. The summed E-state index contributed by atoms with van der Waals surface area (Å²) in [6.07, 6.45) is 2.25. The van der Waals surface area contributed by atoms with Crippen molar-refractivity contribution in [3.8, 4) is 5.75 Å². The fourth-order valence-corrected chi connectivity index (χ4v) is 2.34. The first-order chi connectivity index (χ1) is 9.20.